The first-order chi connectivity index (χ1) is 8.12. The summed E-state index contributed by atoms with van der Waals surface area (Å²) < 4.78 is 30.4. The molecule has 2 heterocycles. The Balaban J connectivity index is 2.01. The third-order valence-corrected chi connectivity index (χ3v) is 3.44. The Bertz CT molecular complexity index is 247. The highest BCUT2D eigenvalue weighted by Gasteiger charge is 2.55. The van der Waals surface area contributed by atoms with Gasteiger partial charge in [-0.3, -0.25) is 0 Å². The van der Waals surface area contributed by atoms with Gasteiger partial charge < -0.3 is 19.3 Å². The van der Waals surface area contributed by atoms with E-state index in [9.17, 15) is 9.50 Å². The number of hydrogen-bond donors (Lipinski definition) is 1. The molecule has 1 N–H and O–H groups in total. The zero-order chi connectivity index (χ0) is 12.3. The third-order valence-electron chi connectivity index (χ3n) is 3.44. The Morgan fingerprint density at radius 3 is 2.65 bits per heavy atom. The van der Waals surface area contributed by atoms with Crippen molar-refractivity contribution in [1.29, 1.82) is 0 Å². The molecule has 0 spiro atoms. The molecule has 5 heteroatoms. The van der Waals surface area contributed by atoms with Gasteiger partial charge in [-0.2, -0.15) is 0 Å². The van der Waals surface area contributed by atoms with E-state index in [4.69, 9.17) is 14.2 Å². The van der Waals surface area contributed by atoms with Crippen LogP contribution < -0.4 is 0 Å². The minimum absolute atomic E-state index is 0.279. The number of alkyl halides is 1. The summed E-state index contributed by atoms with van der Waals surface area (Å²) in [7, 11) is 0. The van der Waals surface area contributed by atoms with Gasteiger partial charge in [0.2, 0.25) is 0 Å². The molecule has 17 heavy (non-hydrogen) atoms. The highest BCUT2D eigenvalue weighted by Crippen LogP contribution is 2.35. The number of hydrogen-bond acceptors (Lipinski definition) is 4. The molecule has 0 aromatic rings. The highest BCUT2D eigenvalue weighted by atomic mass is 19.1. The molecular weight excluding hydrogens is 227 g/mol. The lowest BCUT2D eigenvalue weighted by Gasteiger charge is -2.25. The first-order valence-electron chi connectivity index (χ1n) is 6.34. The van der Waals surface area contributed by atoms with Crippen molar-refractivity contribution >= 4 is 0 Å². The third kappa shape index (κ3) is 2.96. The second-order valence-electron chi connectivity index (χ2n) is 4.96. The molecule has 2 rings (SSSR count). The lowest BCUT2D eigenvalue weighted by atomic mass is 9.99. The van der Waals surface area contributed by atoms with Crippen LogP contribution in [-0.2, 0) is 14.2 Å². The number of aliphatic hydroxyl groups excluding tert-OH is 1. The molecule has 0 radical (unpaired) electrons. The van der Waals surface area contributed by atoms with Crippen LogP contribution in [0.2, 0.25) is 0 Å². The maximum absolute atomic E-state index is 14.2. The van der Waals surface area contributed by atoms with Crippen LogP contribution in [0.4, 0.5) is 4.39 Å². The number of rotatable bonds is 0. The van der Waals surface area contributed by atoms with Gasteiger partial charge in [0.1, 0.15) is 12.2 Å². The molecule has 4 nitrogen and oxygen atoms in total. The normalized spacial score (nSPS) is 45.0. The Kier molecular flexibility index (Phi) is 4.36. The average molecular weight is 248 g/mol. The van der Waals surface area contributed by atoms with Crippen LogP contribution in [0.25, 0.3) is 0 Å². The summed E-state index contributed by atoms with van der Waals surface area (Å²) in [6.45, 7) is 2.77. The fourth-order valence-corrected chi connectivity index (χ4v) is 2.34. The Morgan fingerprint density at radius 1 is 1.18 bits per heavy atom. The van der Waals surface area contributed by atoms with E-state index in [2.05, 4.69) is 0 Å². The van der Waals surface area contributed by atoms with Crippen molar-refractivity contribution in [1.82, 2.24) is 0 Å². The van der Waals surface area contributed by atoms with Gasteiger partial charge in [0, 0.05) is 13.2 Å². The van der Waals surface area contributed by atoms with Crippen molar-refractivity contribution in [2.24, 2.45) is 0 Å². The van der Waals surface area contributed by atoms with E-state index in [0.717, 1.165) is 25.7 Å². The van der Waals surface area contributed by atoms with Crippen LogP contribution in [-0.4, -0.2) is 49.1 Å². The van der Waals surface area contributed by atoms with Gasteiger partial charge in [-0.1, -0.05) is 12.8 Å². The fourth-order valence-electron chi connectivity index (χ4n) is 2.34. The van der Waals surface area contributed by atoms with E-state index in [0.29, 0.717) is 13.2 Å². The van der Waals surface area contributed by atoms with E-state index in [1.165, 1.54) is 6.92 Å². The average Bonchev–Trinajstić information content (AvgIpc) is 2.48. The van der Waals surface area contributed by atoms with E-state index < -0.39 is 24.2 Å². The van der Waals surface area contributed by atoms with Crippen LogP contribution in [0.15, 0.2) is 0 Å². The summed E-state index contributed by atoms with van der Waals surface area (Å²) in [6, 6.07) is 0. The molecule has 2 aliphatic heterocycles. The quantitative estimate of drug-likeness (QED) is 0.704. The SMILES string of the molecule is C[C@@]1(F)[C@@H]2OCCCCCCOC[C@H]2O[C@@H]1O. The minimum Gasteiger partial charge on any atom is -0.379 e. The van der Waals surface area contributed by atoms with Gasteiger partial charge in [0.25, 0.3) is 0 Å². The summed E-state index contributed by atoms with van der Waals surface area (Å²) in [4.78, 5) is 0. The van der Waals surface area contributed by atoms with Crippen molar-refractivity contribution in [3.8, 4) is 0 Å². The van der Waals surface area contributed by atoms with Gasteiger partial charge in [-0.25, -0.2) is 4.39 Å². The molecule has 0 unspecified atom stereocenters. The molecule has 2 saturated heterocycles. The largest absolute Gasteiger partial charge is 0.379 e. The second kappa shape index (κ2) is 5.61. The summed E-state index contributed by atoms with van der Waals surface area (Å²) >= 11 is 0. The number of ether oxygens (including phenoxy) is 3. The van der Waals surface area contributed by atoms with Crippen LogP contribution in [0, 0.1) is 0 Å². The summed E-state index contributed by atoms with van der Waals surface area (Å²) in [5.41, 5.74) is -1.86. The second-order valence-corrected chi connectivity index (χ2v) is 4.96. The molecule has 100 valence electrons. The van der Waals surface area contributed by atoms with Crippen molar-refractivity contribution in [3.63, 3.8) is 0 Å². The summed E-state index contributed by atoms with van der Waals surface area (Å²) in [5.74, 6) is 0. The molecule has 0 amide bonds. The lowest BCUT2D eigenvalue weighted by molar-refractivity contribution is -0.146. The molecule has 4 atom stereocenters. The number of aliphatic hydroxyl groups is 1. The molecule has 0 bridgehead atoms. The molecule has 0 aromatic carbocycles. The fraction of sp³-hybridized carbons (Fsp3) is 1.00. The molecule has 0 aromatic heterocycles. The van der Waals surface area contributed by atoms with Crippen LogP contribution >= 0.6 is 0 Å². The maximum atomic E-state index is 14.2. The smallest absolute Gasteiger partial charge is 0.192 e. The molecule has 2 fully saturated rings. The molecular formula is C12H21FO4. The van der Waals surface area contributed by atoms with Gasteiger partial charge >= 0.3 is 0 Å². The van der Waals surface area contributed by atoms with Crippen molar-refractivity contribution < 1.29 is 23.7 Å². The topological polar surface area (TPSA) is 47.9 Å². The van der Waals surface area contributed by atoms with Crippen molar-refractivity contribution in [2.75, 3.05) is 19.8 Å². The molecule has 2 aliphatic rings. The van der Waals surface area contributed by atoms with E-state index in [-0.39, 0.29) is 6.61 Å². The van der Waals surface area contributed by atoms with Crippen LogP contribution in [0.5, 0.6) is 0 Å². The van der Waals surface area contributed by atoms with Gasteiger partial charge in [0.15, 0.2) is 12.0 Å². The number of fused-ring (bicyclic) bond motifs is 1. The Morgan fingerprint density at radius 2 is 1.88 bits per heavy atom. The van der Waals surface area contributed by atoms with Crippen LogP contribution in [0.1, 0.15) is 32.6 Å². The predicted octanol–water partition coefficient (Wildman–Crippen LogP) is 1.41. The van der Waals surface area contributed by atoms with E-state index in [1.807, 2.05) is 0 Å². The highest BCUT2D eigenvalue weighted by molar-refractivity contribution is 4.98. The van der Waals surface area contributed by atoms with Gasteiger partial charge in [0.05, 0.1) is 6.61 Å². The summed E-state index contributed by atoms with van der Waals surface area (Å²) in [5, 5.41) is 9.53. The van der Waals surface area contributed by atoms with Crippen molar-refractivity contribution in [2.45, 2.75) is 56.8 Å². The Labute approximate surface area is 101 Å². The van der Waals surface area contributed by atoms with E-state index in [1.54, 1.807) is 0 Å². The van der Waals surface area contributed by atoms with E-state index >= 15 is 0 Å². The monoisotopic (exact) mass is 248 g/mol. The minimum atomic E-state index is -1.86. The summed E-state index contributed by atoms with van der Waals surface area (Å²) in [6.07, 6.45) is 1.41. The van der Waals surface area contributed by atoms with Crippen molar-refractivity contribution in [3.05, 3.63) is 0 Å². The standard InChI is InChI=1S/C12H21FO4/c1-12(13)10-9(17-11(12)14)8-15-6-4-2-3-5-7-16-10/h9-11,14H,2-8H2,1H3/t9-,10-,11+,12-/m1/s1. The first kappa shape index (κ1) is 13.2. The lowest BCUT2D eigenvalue weighted by Crippen LogP contribution is -2.44. The zero-order valence-corrected chi connectivity index (χ0v) is 10.2. The van der Waals surface area contributed by atoms with Gasteiger partial charge in [-0.05, 0) is 19.8 Å². The zero-order valence-electron chi connectivity index (χ0n) is 10.2. The Hall–Kier alpha value is -0.230. The van der Waals surface area contributed by atoms with Gasteiger partial charge in [-0.15, -0.1) is 0 Å². The molecule has 0 saturated carbocycles. The molecule has 0 aliphatic carbocycles. The predicted molar refractivity (Wildman–Crippen MR) is 59.4 cm³/mol. The number of halogens is 1. The first-order valence-corrected chi connectivity index (χ1v) is 6.34. The maximum Gasteiger partial charge on any atom is 0.192 e. The van der Waals surface area contributed by atoms with Crippen LogP contribution in [0.3, 0.4) is 0 Å².